The van der Waals surface area contributed by atoms with Gasteiger partial charge in [0.15, 0.2) is 0 Å². The summed E-state index contributed by atoms with van der Waals surface area (Å²) in [4.78, 5) is 11.2. The number of rotatable bonds is 1. The van der Waals surface area contributed by atoms with E-state index in [1.54, 1.807) is 5.57 Å². The molecular weight excluding hydrogens is 204 g/mol. The van der Waals surface area contributed by atoms with Gasteiger partial charge in [-0.3, -0.25) is 4.79 Å². The first-order valence-corrected chi connectivity index (χ1v) is 9.44. The average molecular weight is 224 g/mol. The van der Waals surface area contributed by atoms with Crippen molar-refractivity contribution in [1.82, 2.24) is 0 Å². The zero-order valence-electron chi connectivity index (χ0n) is 9.88. The average Bonchev–Trinajstić information content (AvgIpc) is 2.45. The van der Waals surface area contributed by atoms with Crippen LogP contribution < -0.4 is 0 Å². The second-order valence-electron chi connectivity index (χ2n) is 5.80. The standard InChI is InChI=1S/C12H20O2Si/c1-15(2,3)8-9-4-6-11-10(9)5-7-12(13)14-11/h8,10-11H,4-7H2,1-3H3/b9-8-/t10-,11+/m0/s1. The van der Waals surface area contributed by atoms with Crippen molar-refractivity contribution in [3.05, 3.63) is 11.3 Å². The molecule has 2 nitrogen and oxygen atoms in total. The lowest BCUT2D eigenvalue weighted by atomic mass is 9.94. The lowest BCUT2D eigenvalue weighted by Crippen LogP contribution is -2.29. The van der Waals surface area contributed by atoms with E-state index in [2.05, 4.69) is 25.3 Å². The monoisotopic (exact) mass is 224 g/mol. The first kappa shape index (κ1) is 10.9. The Morgan fingerprint density at radius 1 is 1.27 bits per heavy atom. The molecule has 0 aromatic carbocycles. The summed E-state index contributed by atoms with van der Waals surface area (Å²) in [6, 6.07) is 0. The van der Waals surface area contributed by atoms with Crippen LogP contribution in [0.2, 0.25) is 19.6 Å². The Balaban J connectivity index is 2.12. The van der Waals surface area contributed by atoms with Crippen LogP contribution in [0.3, 0.4) is 0 Å². The van der Waals surface area contributed by atoms with Crippen molar-refractivity contribution in [3.63, 3.8) is 0 Å². The number of hydrogen-bond donors (Lipinski definition) is 0. The van der Waals surface area contributed by atoms with E-state index in [1.807, 2.05) is 0 Å². The van der Waals surface area contributed by atoms with E-state index in [9.17, 15) is 4.79 Å². The first-order chi connectivity index (χ1) is 6.96. The van der Waals surface area contributed by atoms with E-state index < -0.39 is 8.07 Å². The molecule has 1 heterocycles. The van der Waals surface area contributed by atoms with Gasteiger partial charge in [0.05, 0.1) is 8.07 Å². The van der Waals surface area contributed by atoms with Crippen LogP contribution in [0.4, 0.5) is 0 Å². The highest BCUT2D eigenvalue weighted by Gasteiger charge is 2.38. The maximum Gasteiger partial charge on any atom is 0.306 e. The number of carbonyl (C=O) groups excluding carboxylic acids is 1. The van der Waals surface area contributed by atoms with Crippen LogP contribution in [0.15, 0.2) is 11.3 Å². The van der Waals surface area contributed by atoms with Gasteiger partial charge in [0, 0.05) is 12.3 Å². The molecule has 0 radical (unpaired) electrons. The minimum atomic E-state index is -1.12. The van der Waals surface area contributed by atoms with Crippen molar-refractivity contribution in [3.8, 4) is 0 Å². The number of hydrogen-bond acceptors (Lipinski definition) is 2. The molecular formula is C12H20O2Si. The third-order valence-electron chi connectivity index (χ3n) is 3.20. The van der Waals surface area contributed by atoms with E-state index >= 15 is 0 Å². The predicted octanol–water partition coefficient (Wildman–Crippen LogP) is 2.91. The maximum absolute atomic E-state index is 11.2. The van der Waals surface area contributed by atoms with Gasteiger partial charge in [-0.15, -0.1) is 0 Å². The van der Waals surface area contributed by atoms with Gasteiger partial charge in [0.25, 0.3) is 0 Å². The van der Waals surface area contributed by atoms with Gasteiger partial charge < -0.3 is 4.74 Å². The maximum atomic E-state index is 11.2. The molecule has 1 saturated carbocycles. The molecule has 2 aliphatic rings. The first-order valence-electron chi connectivity index (χ1n) is 5.87. The minimum Gasteiger partial charge on any atom is -0.462 e. The molecule has 2 rings (SSSR count). The Bertz CT molecular complexity index is 301. The molecule has 15 heavy (non-hydrogen) atoms. The van der Waals surface area contributed by atoms with Crippen LogP contribution in [-0.4, -0.2) is 20.1 Å². The summed E-state index contributed by atoms with van der Waals surface area (Å²) in [7, 11) is -1.12. The Labute approximate surface area is 92.7 Å². The molecule has 0 spiro atoms. The minimum absolute atomic E-state index is 0.00510. The van der Waals surface area contributed by atoms with Crippen molar-refractivity contribution in [2.45, 2.75) is 51.4 Å². The lowest BCUT2D eigenvalue weighted by molar-refractivity contribution is -0.155. The fourth-order valence-corrected chi connectivity index (χ4v) is 4.15. The van der Waals surface area contributed by atoms with Gasteiger partial charge in [0.1, 0.15) is 6.10 Å². The van der Waals surface area contributed by atoms with Gasteiger partial charge in [0.2, 0.25) is 0 Å². The third kappa shape index (κ3) is 2.51. The van der Waals surface area contributed by atoms with Crippen LogP contribution in [0, 0.1) is 5.92 Å². The van der Waals surface area contributed by atoms with E-state index in [0.29, 0.717) is 12.3 Å². The summed E-state index contributed by atoms with van der Waals surface area (Å²) in [6.07, 6.45) is 4.03. The van der Waals surface area contributed by atoms with Crippen molar-refractivity contribution >= 4 is 14.0 Å². The Kier molecular flexibility index (Phi) is 2.75. The van der Waals surface area contributed by atoms with Crippen LogP contribution >= 0.6 is 0 Å². The molecule has 1 saturated heterocycles. The largest absolute Gasteiger partial charge is 0.462 e. The second kappa shape index (κ2) is 3.78. The molecule has 0 aromatic heterocycles. The highest BCUT2D eigenvalue weighted by atomic mass is 28.3. The lowest BCUT2D eigenvalue weighted by Gasteiger charge is -2.26. The molecule has 0 amide bonds. The highest BCUT2D eigenvalue weighted by Crippen LogP contribution is 2.40. The van der Waals surface area contributed by atoms with Crippen molar-refractivity contribution in [1.29, 1.82) is 0 Å². The van der Waals surface area contributed by atoms with E-state index in [0.717, 1.165) is 19.3 Å². The van der Waals surface area contributed by atoms with Gasteiger partial charge in [-0.1, -0.05) is 30.9 Å². The molecule has 0 N–H and O–H groups in total. The molecule has 84 valence electrons. The molecule has 0 bridgehead atoms. The smallest absolute Gasteiger partial charge is 0.306 e. The predicted molar refractivity (Wildman–Crippen MR) is 63.3 cm³/mol. The zero-order valence-corrected chi connectivity index (χ0v) is 10.9. The van der Waals surface area contributed by atoms with Gasteiger partial charge in [-0.05, 0) is 19.3 Å². The molecule has 0 aromatic rings. The summed E-state index contributed by atoms with van der Waals surface area (Å²) in [5.41, 5.74) is 4.09. The quantitative estimate of drug-likeness (QED) is 0.505. The van der Waals surface area contributed by atoms with E-state index in [-0.39, 0.29) is 12.1 Å². The fraction of sp³-hybridized carbons (Fsp3) is 0.750. The Hall–Kier alpha value is -0.573. The molecule has 2 atom stereocenters. The summed E-state index contributed by atoms with van der Waals surface area (Å²) in [5.74, 6) is 0.555. The Morgan fingerprint density at radius 3 is 2.67 bits per heavy atom. The van der Waals surface area contributed by atoms with Crippen LogP contribution in [0.5, 0.6) is 0 Å². The van der Waals surface area contributed by atoms with Crippen LogP contribution in [0.1, 0.15) is 25.7 Å². The topological polar surface area (TPSA) is 26.3 Å². The van der Waals surface area contributed by atoms with Crippen molar-refractivity contribution < 1.29 is 9.53 Å². The van der Waals surface area contributed by atoms with Crippen LogP contribution in [0.25, 0.3) is 0 Å². The number of esters is 1. The van der Waals surface area contributed by atoms with Gasteiger partial charge in [-0.2, -0.15) is 0 Å². The SMILES string of the molecule is C[Si](C)(C)/C=C1/CC[C@H]2OC(=O)CC[C@@H]12. The second-order valence-corrected chi connectivity index (χ2v) is 10.8. The van der Waals surface area contributed by atoms with Gasteiger partial charge in [-0.25, -0.2) is 0 Å². The molecule has 0 unspecified atom stereocenters. The molecule has 2 fully saturated rings. The highest BCUT2D eigenvalue weighted by molar-refractivity contribution is 6.81. The summed E-state index contributed by atoms with van der Waals surface area (Å²) in [6.45, 7) is 7.09. The van der Waals surface area contributed by atoms with E-state index in [4.69, 9.17) is 4.74 Å². The fourth-order valence-electron chi connectivity index (χ4n) is 2.68. The molecule has 3 heteroatoms. The normalized spacial score (nSPS) is 34.1. The number of ether oxygens (including phenoxy) is 1. The summed E-state index contributed by atoms with van der Waals surface area (Å²) in [5, 5.41) is 0. The number of fused-ring (bicyclic) bond motifs is 1. The van der Waals surface area contributed by atoms with E-state index in [1.165, 1.54) is 0 Å². The van der Waals surface area contributed by atoms with Gasteiger partial charge >= 0.3 is 5.97 Å². The zero-order chi connectivity index (χ0) is 11.1. The summed E-state index contributed by atoms with van der Waals surface area (Å²) >= 11 is 0. The molecule has 1 aliphatic carbocycles. The van der Waals surface area contributed by atoms with Crippen molar-refractivity contribution in [2.24, 2.45) is 5.92 Å². The summed E-state index contributed by atoms with van der Waals surface area (Å²) < 4.78 is 5.39. The van der Waals surface area contributed by atoms with Crippen molar-refractivity contribution in [2.75, 3.05) is 0 Å². The number of carbonyl (C=O) groups is 1. The molecule has 1 aliphatic heterocycles. The third-order valence-corrected chi connectivity index (χ3v) is 4.44. The Morgan fingerprint density at radius 2 is 2.00 bits per heavy atom. The van der Waals surface area contributed by atoms with Crippen LogP contribution in [-0.2, 0) is 9.53 Å².